The highest BCUT2D eigenvalue weighted by Crippen LogP contribution is 2.54. The molecule has 0 spiro atoms. The zero-order valence-electron chi connectivity index (χ0n) is 19.1. The van der Waals surface area contributed by atoms with Gasteiger partial charge in [-0.3, -0.25) is 9.69 Å². The van der Waals surface area contributed by atoms with Crippen LogP contribution in [0.5, 0.6) is 0 Å². The second kappa shape index (κ2) is 10.0. The van der Waals surface area contributed by atoms with Crippen molar-refractivity contribution in [3.8, 4) is 17.9 Å². The maximum absolute atomic E-state index is 13.4. The minimum absolute atomic E-state index is 0.0573. The summed E-state index contributed by atoms with van der Waals surface area (Å²) in [5.41, 5.74) is -4.29. The lowest BCUT2D eigenvalue weighted by atomic mass is 9.86. The van der Waals surface area contributed by atoms with E-state index in [9.17, 15) is 23.1 Å². The van der Waals surface area contributed by atoms with Gasteiger partial charge in [0, 0.05) is 22.4 Å². The summed E-state index contributed by atoms with van der Waals surface area (Å²) in [4.78, 5) is 16.5. The third-order valence-electron chi connectivity index (χ3n) is 6.62. The average molecular weight is 502 g/mol. The van der Waals surface area contributed by atoms with Crippen LogP contribution in [0, 0.1) is 23.2 Å². The lowest BCUT2D eigenvalue weighted by Gasteiger charge is -2.27. The van der Waals surface area contributed by atoms with Gasteiger partial charge in [-0.05, 0) is 68.4 Å². The van der Waals surface area contributed by atoms with Crippen molar-refractivity contribution >= 4 is 22.9 Å². The number of carbonyl (C=O) groups is 1. The minimum Gasteiger partial charge on any atom is -0.369 e. The summed E-state index contributed by atoms with van der Waals surface area (Å²) in [7, 11) is 0. The number of nitriles is 1. The number of likely N-dealkylation sites (tertiary alicyclic amines) is 1. The van der Waals surface area contributed by atoms with Crippen LogP contribution >= 0.6 is 11.3 Å². The van der Waals surface area contributed by atoms with Gasteiger partial charge in [0.25, 0.3) is 5.91 Å². The standard InChI is InChI=1S/C26H26F3N3O2S/c27-26(28,29)21-16-20(8-7-19(21)17-30)31-23(33)25(34,9-5-14-32-12-2-1-3-13-32)18-24(10-11-24)22-6-4-15-35-22/h4,6-8,15-16,34H,1-3,10-14,18H2,(H,31,33). The first kappa shape index (κ1) is 25.2. The molecule has 2 aromatic rings. The molecule has 4 rings (SSSR count). The molecule has 5 nitrogen and oxygen atoms in total. The van der Waals surface area contributed by atoms with Gasteiger partial charge in [-0.25, -0.2) is 0 Å². The zero-order chi connectivity index (χ0) is 25.1. The smallest absolute Gasteiger partial charge is 0.369 e. The van der Waals surface area contributed by atoms with E-state index >= 15 is 0 Å². The molecule has 0 radical (unpaired) electrons. The van der Waals surface area contributed by atoms with Crippen LogP contribution in [-0.4, -0.2) is 41.1 Å². The largest absolute Gasteiger partial charge is 0.417 e. The zero-order valence-corrected chi connectivity index (χ0v) is 19.9. The Morgan fingerprint density at radius 3 is 2.54 bits per heavy atom. The monoisotopic (exact) mass is 501 g/mol. The van der Waals surface area contributed by atoms with Crippen LogP contribution in [0.15, 0.2) is 35.7 Å². The molecule has 2 N–H and O–H groups in total. The number of piperidine rings is 1. The van der Waals surface area contributed by atoms with Crippen LogP contribution in [0.4, 0.5) is 18.9 Å². The highest BCUT2D eigenvalue weighted by molar-refractivity contribution is 7.10. The van der Waals surface area contributed by atoms with Crippen molar-refractivity contribution in [1.29, 1.82) is 5.26 Å². The Morgan fingerprint density at radius 2 is 1.94 bits per heavy atom. The predicted molar refractivity (Wildman–Crippen MR) is 128 cm³/mol. The maximum atomic E-state index is 13.4. The Labute approximate surface area is 206 Å². The van der Waals surface area contributed by atoms with Gasteiger partial charge in [0.15, 0.2) is 0 Å². The number of alkyl halides is 3. The van der Waals surface area contributed by atoms with Gasteiger partial charge in [-0.15, -0.1) is 11.3 Å². The molecule has 1 amide bonds. The Balaban J connectivity index is 1.59. The van der Waals surface area contributed by atoms with Crippen LogP contribution in [0.2, 0.25) is 0 Å². The highest BCUT2D eigenvalue weighted by Gasteiger charge is 2.52. The first-order valence-corrected chi connectivity index (χ1v) is 12.4. The number of anilines is 1. The topological polar surface area (TPSA) is 76.4 Å². The molecule has 2 fully saturated rings. The Hall–Kier alpha value is -2.85. The number of rotatable bonds is 6. The second-order valence-corrected chi connectivity index (χ2v) is 10.2. The molecule has 1 atom stereocenters. The number of halogens is 3. The fourth-order valence-electron chi connectivity index (χ4n) is 4.52. The number of benzene rings is 1. The molecule has 184 valence electrons. The van der Waals surface area contributed by atoms with Gasteiger partial charge in [0.2, 0.25) is 5.60 Å². The summed E-state index contributed by atoms with van der Waals surface area (Å²) in [6.45, 7) is 2.23. The number of nitrogens with one attached hydrogen (secondary N) is 1. The SMILES string of the molecule is N#Cc1ccc(NC(=O)C(O)(C#CCN2CCCCC2)CC2(c3cccs3)CC2)cc1C(F)(F)F. The number of hydrogen-bond donors (Lipinski definition) is 2. The highest BCUT2D eigenvalue weighted by atomic mass is 32.1. The minimum atomic E-state index is -4.76. The van der Waals surface area contributed by atoms with E-state index in [-0.39, 0.29) is 17.5 Å². The van der Waals surface area contributed by atoms with Gasteiger partial charge in [-0.2, -0.15) is 18.4 Å². The predicted octanol–water partition coefficient (Wildman–Crippen LogP) is 4.92. The number of thiophene rings is 1. The lowest BCUT2D eigenvalue weighted by molar-refractivity contribution is -0.137. The maximum Gasteiger partial charge on any atom is 0.417 e. The van der Waals surface area contributed by atoms with Crippen molar-refractivity contribution in [2.24, 2.45) is 0 Å². The molecule has 2 aliphatic rings. The quantitative estimate of drug-likeness (QED) is 0.551. The van der Waals surface area contributed by atoms with Gasteiger partial charge in [0.05, 0.1) is 23.7 Å². The molecule has 9 heteroatoms. The van der Waals surface area contributed by atoms with Crippen molar-refractivity contribution < 1.29 is 23.1 Å². The number of aliphatic hydroxyl groups is 1. The normalized spacial score (nSPS) is 19.1. The third kappa shape index (κ3) is 5.87. The van der Waals surface area contributed by atoms with Crippen LogP contribution in [0.25, 0.3) is 0 Å². The van der Waals surface area contributed by atoms with E-state index in [1.807, 2.05) is 17.5 Å². The lowest BCUT2D eigenvalue weighted by Crippen LogP contribution is -2.44. The van der Waals surface area contributed by atoms with Crippen LogP contribution in [-0.2, 0) is 16.4 Å². The summed E-state index contributed by atoms with van der Waals surface area (Å²) in [5, 5.41) is 24.9. The van der Waals surface area contributed by atoms with Crippen LogP contribution < -0.4 is 5.32 Å². The average Bonchev–Trinajstić information content (AvgIpc) is 3.37. The number of hydrogen-bond acceptors (Lipinski definition) is 5. The number of amides is 1. The Kier molecular flexibility index (Phi) is 7.23. The first-order chi connectivity index (χ1) is 16.7. The van der Waals surface area contributed by atoms with E-state index in [1.165, 1.54) is 18.6 Å². The molecule has 2 heterocycles. The fraction of sp³-hybridized carbons (Fsp3) is 0.462. The van der Waals surface area contributed by atoms with E-state index in [4.69, 9.17) is 5.26 Å². The summed E-state index contributed by atoms with van der Waals surface area (Å²) >= 11 is 1.55. The van der Waals surface area contributed by atoms with Gasteiger partial charge in [0.1, 0.15) is 0 Å². The molecule has 1 saturated carbocycles. The fourth-order valence-corrected chi connectivity index (χ4v) is 5.50. The molecule has 1 aromatic heterocycles. The number of nitrogens with zero attached hydrogens (tertiary/aromatic N) is 2. The van der Waals surface area contributed by atoms with Crippen molar-refractivity contribution in [3.05, 3.63) is 51.7 Å². The van der Waals surface area contributed by atoms with Crippen LogP contribution in [0.3, 0.4) is 0 Å². The van der Waals surface area contributed by atoms with Crippen molar-refractivity contribution in [3.63, 3.8) is 0 Å². The molecule has 35 heavy (non-hydrogen) atoms. The van der Waals surface area contributed by atoms with Gasteiger partial charge >= 0.3 is 6.18 Å². The molecule has 1 aromatic carbocycles. The number of carbonyl (C=O) groups excluding carboxylic acids is 1. The Bertz CT molecular complexity index is 1170. The van der Waals surface area contributed by atoms with Crippen molar-refractivity contribution in [1.82, 2.24) is 4.90 Å². The third-order valence-corrected chi connectivity index (χ3v) is 7.73. The van der Waals surface area contributed by atoms with E-state index < -0.39 is 28.8 Å². The van der Waals surface area contributed by atoms with Gasteiger partial charge < -0.3 is 10.4 Å². The van der Waals surface area contributed by atoms with Gasteiger partial charge in [-0.1, -0.05) is 24.3 Å². The van der Waals surface area contributed by atoms with Crippen molar-refractivity contribution in [2.45, 2.75) is 55.7 Å². The van der Waals surface area contributed by atoms with Crippen LogP contribution in [0.1, 0.15) is 54.5 Å². The molecule has 1 saturated heterocycles. The summed E-state index contributed by atoms with van der Waals surface area (Å²) in [6.07, 6.45) is 0.222. The van der Waals surface area contributed by atoms with E-state index in [0.717, 1.165) is 49.7 Å². The Morgan fingerprint density at radius 1 is 1.20 bits per heavy atom. The summed E-state index contributed by atoms with van der Waals surface area (Å²) in [6, 6.07) is 8.34. The van der Waals surface area contributed by atoms with E-state index in [0.29, 0.717) is 12.6 Å². The second-order valence-electron chi connectivity index (χ2n) is 9.26. The summed E-state index contributed by atoms with van der Waals surface area (Å²) in [5.74, 6) is 4.86. The van der Waals surface area contributed by atoms with E-state index in [2.05, 4.69) is 22.1 Å². The van der Waals surface area contributed by atoms with Crippen molar-refractivity contribution in [2.75, 3.05) is 25.0 Å². The summed E-state index contributed by atoms with van der Waals surface area (Å²) < 4.78 is 40.1. The molecule has 1 aliphatic heterocycles. The molecule has 0 bridgehead atoms. The molecule has 1 unspecified atom stereocenters. The molecular weight excluding hydrogens is 475 g/mol. The molecule has 1 aliphatic carbocycles. The molecular formula is C26H26F3N3O2S. The first-order valence-electron chi connectivity index (χ1n) is 11.6. The van der Waals surface area contributed by atoms with E-state index in [1.54, 1.807) is 11.3 Å².